The van der Waals surface area contributed by atoms with Crippen LogP contribution in [-0.2, 0) is 20.5 Å². The van der Waals surface area contributed by atoms with Gasteiger partial charge in [-0.15, -0.1) is 0 Å². The summed E-state index contributed by atoms with van der Waals surface area (Å²) >= 11 is 5.35. The molecule has 1 aromatic carbocycles. The van der Waals surface area contributed by atoms with Gasteiger partial charge in [-0.3, -0.25) is 9.13 Å². The van der Waals surface area contributed by atoms with Crippen LogP contribution in [0.25, 0.3) is 0 Å². The zero-order valence-corrected chi connectivity index (χ0v) is 13.0. The predicted octanol–water partition coefficient (Wildman–Crippen LogP) is 2.46. The first-order valence-electron chi connectivity index (χ1n) is 6.67. The molecule has 0 spiro atoms. The summed E-state index contributed by atoms with van der Waals surface area (Å²) in [6, 6.07) is 8.10. The van der Waals surface area contributed by atoms with Crippen molar-refractivity contribution in [3.63, 3.8) is 0 Å². The van der Waals surface area contributed by atoms with Gasteiger partial charge in [-0.25, -0.2) is 9.79 Å². The number of hydrogen-bond donors (Lipinski definition) is 1. The largest absolute Gasteiger partial charge is 0.343 e. The zero-order chi connectivity index (χ0) is 15.1. The van der Waals surface area contributed by atoms with Gasteiger partial charge >= 0.3 is 5.69 Å². The minimum absolute atomic E-state index is 0.154. The van der Waals surface area contributed by atoms with Gasteiger partial charge in [-0.1, -0.05) is 29.9 Å². The SMILES string of the molecule is Cc1ccc(NC2=Nc3c(c(=S)n(C)c(=O)n3C)C2)cc1. The summed E-state index contributed by atoms with van der Waals surface area (Å²) in [7, 11) is 3.41. The van der Waals surface area contributed by atoms with Gasteiger partial charge in [-0.2, -0.15) is 0 Å². The van der Waals surface area contributed by atoms with Gasteiger partial charge in [0.25, 0.3) is 0 Å². The van der Waals surface area contributed by atoms with E-state index in [1.807, 2.05) is 31.2 Å². The van der Waals surface area contributed by atoms with Crippen molar-refractivity contribution in [3.8, 4) is 0 Å². The van der Waals surface area contributed by atoms with Crippen LogP contribution in [0.2, 0.25) is 0 Å². The molecule has 0 fully saturated rings. The van der Waals surface area contributed by atoms with E-state index in [-0.39, 0.29) is 5.69 Å². The molecular formula is C15H16N4OS. The Kier molecular flexibility index (Phi) is 3.25. The number of hydrogen-bond acceptors (Lipinski definition) is 4. The summed E-state index contributed by atoms with van der Waals surface area (Å²) < 4.78 is 3.57. The normalized spacial score (nSPS) is 13.0. The number of aryl methyl sites for hydroxylation is 1. The van der Waals surface area contributed by atoms with E-state index >= 15 is 0 Å². The van der Waals surface area contributed by atoms with Gasteiger partial charge in [-0.05, 0) is 19.1 Å². The molecule has 0 bridgehead atoms. The highest BCUT2D eigenvalue weighted by molar-refractivity contribution is 7.71. The summed E-state index contributed by atoms with van der Waals surface area (Å²) in [4.78, 5) is 16.5. The first-order valence-corrected chi connectivity index (χ1v) is 7.08. The molecule has 0 saturated carbocycles. The summed E-state index contributed by atoms with van der Waals surface area (Å²) in [5.41, 5.74) is 2.95. The standard InChI is InChI=1S/C15H16N4OS/c1-9-4-6-10(7-5-9)16-12-8-11-13(17-12)18(2)15(20)19(3)14(11)21/h4-7H,8H2,1-3H3,(H,16,17). The van der Waals surface area contributed by atoms with Crippen LogP contribution in [0.3, 0.4) is 0 Å². The summed E-state index contributed by atoms with van der Waals surface area (Å²) in [5, 5.41) is 3.29. The number of aromatic nitrogens is 2. The molecule has 0 radical (unpaired) electrons. The average Bonchev–Trinajstić information content (AvgIpc) is 2.89. The number of nitrogens with zero attached hydrogens (tertiary/aromatic N) is 3. The maximum absolute atomic E-state index is 12.0. The van der Waals surface area contributed by atoms with Gasteiger partial charge in [0.05, 0.1) is 0 Å². The Labute approximate surface area is 127 Å². The molecule has 5 nitrogen and oxygen atoms in total. The molecule has 6 heteroatoms. The van der Waals surface area contributed by atoms with Crippen molar-refractivity contribution < 1.29 is 0 Å². The number of anilines is 1. The van der Waals surface area contributed by atoms with Crippen molar-refractivity contribution in [3.05, 3.63) is 50.5 Å². The molecular weight excluding hydrogens is 284 g/mol. The molecule has 0 saturated heterocycles. The summed E-state index contributed by atoms with van der Waals surface area (Å²) in [5.74, 6) is 1.46. The lowest BCUT2D eigenvalue weighted by molar-refractivity contribution is 0.696. The molecule has 2 heterocycles. The molecule has 0 atom stereocenters. The van der Waals surface area contributed by atoms with Crippen LogP contribution >= 0.6 is 12.2 Å². The minimum Gasteiger partial charge on any atom is -0.343 e. The smallest absolute Gasteiger partial charge is 0.330 e. The second-order valence-electron chi connectivity index (χ2n) is 5.23. The van der Waals surface area contributed by atoms with Gasteiger partial charge in [0, 0.05) is 31.8 Å². The zero-order valence-electron chi connectivity index (χ0n) is 12.2. The van der Waals surface area contributed by atoms with E-state index in [0.717, 1.165) is 17.1 Å². The lowest BCUT2D eigenvalue weighted by Crippen LogP contribution is -2.28. The van der Waals surface area contributed by atoms with E-state index in [4.69, 9.17) is 12.2 Å². The van der Waals surface area contributed by atoms with Gasteiger partial charge in [0.1, 0.15) is 16.3 Å². The van der Waals surface area contributed by atoms with Crippen LogP contribution in [0.15, 0.2) is 34.1 Å². The van der Waals surface area contributed by atoms with Crippen LogP contribution in [0.4, 0.5) is 11.5 Å². The number of rotatable bonds is 1. The third kappa shape index (κ3) is 2.31. The van der Waals surface area contributed by atoms with Crippen molar-refractivity contribution in [2.45, 2.75) is 13.3 Å². The topological polar surface area (TPSA) is 51.3 Å². The van der Waals surface area contributed by atoms with E-state index in [9.17, 15) is 4.79 Å². The Morgan fingerprint density at radius 2 is 1.86 bits per heavy atom. The molecule has 108 valence electrons. The highest BCUT2D eigenvalue weighted by atomic mass is 32.1. The first-order chi connectivity index (χ1) is 9.97. The Bertz CT molecular complexity index is 859. The summed E-state index contributed by atoms with van der Waals surface area (Å²) in [6.07, 6.45) is 0.615. The highest BCUT2D eigenvalue weighted by Gasteiger charge is 2.21. The highest BCUT2D eigenvalue weighted by Crippen LogP contribution is 2.26. The number of amidine groups is 1. The van der Waals surface area contributed by atoms with Gasteiger partial charge < -0.3 is 5.32 Å². The number of fused-ring (bicyclic) bond motifs is 1. The summed E-state index contributed by atoms with van der Waals surface area (Å²) in [6.45, 7) is 2.05. The Hall–Kier alpha value is -2.21. The van der Waals surface area contributed by atoms with E-state index in [1.165, 1.54) is 14.7 Å². The molecule has 2 aromatic rings. The number of nitrogens with one attached hydrogen (secondary N) is 1. The molecule has 1 aliphatic heterocycles. The van der Waals surface area contributed by atoms with Crippen molar-refractivity contribution in [1.82, 2.24) is 9.13 Å². The molecule has 1 N–H and O–H groups in total. The Morgan fingerprint density at radius 3 is 2.52 bits per heavy atom. The Balaban J connectivity index is 1.98. The molecule has 1 aliphatic rings. The average molecular weight is 300 g/mol. The van der Waals surface area contributed by atoms with Crippen LogP contribution in [0, 0.1) is 11.6 Å². The van der Waals surface area contributed by atoms with Crippen LogP contribution in [0.1, 0.15) is 11.1 Å². The molecule has 0 amide bonds. The van der Waals surface area contributed by atoms with E-state index in [0.29, 0.717) is 16.9 Å². The van der Waals surface area contributed by atoms with Gasteiger partial charge in [0.15, 0.2) is 0 Å². The van der Waals surface area contributed by atoms with Crippen molar-refractivity contribution in [2.24, 2.45) is 19.1 Å². The fraction of sp³-hybridized carbons (Fsp3) is 0.267. The lowest BCUT2D eigenvalue weighted by atomic mass is 10.2. The van der Waals surface area contributed by atoms with Crippen LogP contribution in [-0.4, -0.2) is 15.0 Å². The fourth-order valence-electron chi connectivity index (χ4n) is 2.41. The third-order valence-electron chi connectivity index (χ3n) is 3.65. The molecule has 21 heavy (non-hydrogen) atoms. The second kappa shape index (κ2) is 4.96. The maximum Gasteiger partial charge on any atom is 0.330 e. The monoisotopic (exact) mass is 300 g/mol. The molecule has 1 aromatic heterocycles. The van der Waals surface area contributed by atoms with Crippen molar-refractivity contribution in [1.29, 1.82) is 0 Å². The number of aliphatic imine (C=N–C) groups is 1. The Morgan fingerprint density at radius 1 is 1.19 bits per heavy atom. The van der Waals surface area contributed by atoms with Gasteiger partial charge in [0.2, 0.25) is 0 Å². The molecule has 0 unspecified atom stereocenters. The van der Waals surface area contributed by atoms with E-state index in [2.05, 4.69) is 10.3 Å². The number of benzene rings is 1. The minimum atomic E-state index is -0.154. The second-order valence-corrected chi connectivity index (χ2v) is 5.62. The lowest BCUT2D eigenvalue weighted by Gasteiger charge is -2.07. The van der Waals surface area contributed by atoms with E-state index in [1.54, 1.807) is 14.1 Å². The first kappa shape index (κ1) is 13.8. The fourth-order valence-corrected chi connectivity index (χ4v) is 2.65. The quantitative estimate of drug-likeness (QED) is 0.823. The van der Waals surface area contributed by atoms with Crippen molar-refractivity contribution in [2.75, 3.05) is 5.32 Å². The van der Waals surface area contributed by atoms with Crippen LogP contribution in [0.5, 0.6) is 0 Å². The third-order valence-corrected chi connectivity index (χ3v) is 4.17. The molecule has 3 rings (SSSR count). The molecule has 0 aliphatic carbocycles. The predicted molar refractivity (Wildman–Crippen MR) is 87.1 cm³/mol. The van der Waals surface area contributed by atoms with Crippen molar-refractivity contribution >= 4 is 29.6 Å². The van der Waals surface area contributed by atoms with Crippen LogP contribution < -0.4 is 11.0 Å². The van der Waals surface area contributed by atoms with E-state index < -0.39 is 0 Å². The maximum atomic E-state index is 12.0.